The molecule has 2 aromatic carbocycles. The summed E-state index contributed by atoms with van der Waals surface area (Å²) in [5.41, 5.74) is 4.23. The Morgan fingerprint density at radius 1 is 1.00 bits per heavy atom. The highest BCUT2D eigenvalue weighted by Gasteiger charge is 2.09. The van der Waals surface area contributed by atoms with Gasteiger partial charge in [0.15, 0.2) is 5.82 Å². The van der Waals surface area contributed by atoms with Gasteiger partial charge in [0.25, 0.3) is 0 Å². The summed E-state index contributed by atoms with van der Waals surface area (Å²) in [6, 6.07) is 14.0. The minimum Gasteiger partial charge on any atom is -0.492 e. The number of hydrogen-bond donors (Lipinski definition) is 2. The van der Waals surface area contributed by atoms with Crippen LogP contribution in [0.5, 0.6) is 5.75 Å². The number of para-hydroxylation sites is 3. The van der Waals surface area contributed by atoms with Crippen molar-refractivity contribution < 1.29 is 4.74 Å². The van der Waals surface area contributed by atoms with Crippen LogP contribution < -0.4 is 15.4 Å². The molecule has 0 fully saturated rings. The molecular formula is C20H23N5O. The normalized spacial score (nSPS) is 10.4. The number of anilines is 4. The molecule has 1 aromatic heterocycles. The summed E-state index contributed by atoms with van der Waals surface area (Å²) in [5.74, 6) is 1.82. The number of nitrogens with one attached hydrogen (secondary N) is 2. The molecule has 0 aliphatic carbocycles. The van der Waals surface area contributed by atoms with Crippen molar-refractivity contribution in [1.29, 1.82) is 0 Å². The summed E-state index contributed by atoms with van der Waals surface area (Å²) in [5, 5.41) is 14.7. The molecule has 2 N–H and O–H groups in total. The zero-order valence-electron chi connectivity index (χ0n) is 15.3. The van der Waals surface area contributed by atoms with E-state index in [1.54, 1.807) is 6.20 Å². The number of nitrogens with zero attached hydrogens (tertiary/aromatic N) is 3. The van der Waals surface area contributed by atoms with Gasteiger partial charge in [-0.1, -0.05) is 37.3 Å². The molecule has 134 valence electrons. The van der Waals surface area contributed by atoms with E-state index in [-0.39, 0.29) is 0 Å². The topological polar surface area (TPSA) is 72.0 Å². The molecule has 0 unspecified atom stereocenters. The van der Waals surface area contributed by atoms with Crippen molar-refractivity contribution in [3.8, 4) is 5.75 Å². The SMILES string of the molecule is CCOc1ccccc1Nc1cnnc(Nc2c(C)cccc2CC)n1. The molecule has 0 aliphatic heterocycles. The molecule has 0 bridgehead atoms. The molecule has 0 radical (unpaired) electrons. The van der Waals surface area contributed by atoms with Gasteiger partial charge in [-0.2, -0.15) is 10.1 Å². The van der Waals surface area contributed by atoms with E-state index >= 15 is 0 Å². The Morgan fingerprint density at radius 3 is 2.65 bits per heavy atom. The summed E-state index contributed by atoms with van der Waals surface area (Å²) >= 11 is 0. The zero-order valence-corrected chi connectivity index (χ0v) is 15.3. The molecular weight excluding hydrogens is 326 g/mol. The fraction of sp³-hybridized carbons (Fsp3) is 0.250. The Labute approximate surface area is 153 Å². The maximum absolute atomic E-state index is 5.64. The number of benzene rings is 2. The van der Waals surface area contributed by atoms with Crippen LogP contribution in [0.25, 0.3) is 0 Å². The maximum atomic E-state index is 5.64. The first kappa shape index (κ1) is 17.7. The highest BCUT2D eigenvalue weighted by molar-refractivity contribution is 5.66. The lowest BCUT2D eigenvalue weighted by Gasteiger charge is -2.14. The summed E-state index contributed by atoms with van der Waals surface area (Å²) in [6.45, 7) is 6.75. The lowest BCUT2D eigenvalue weighted by molar-refractivity contribution is 0.342. The molecule has 0 aliphatic rings. The van der Waals surface area contributed by atoms with Gasteiger partial charge in [-0.15, -0.1) is 5.10 Å². The van der Waals surface area contributed by atoms with Gasteiger partial charge in [0.1, 0.15) is 5.75 Å². The first-order chi connectivity index (χ1) is 12.7. The van der Waals surface area contributed by atoms with E-state index in [0.29, 0.717) is 18.4 Å². The van der Waals surface area contributed by atoms with Crippen LogP contribution in [-0.4, -0.2) is 21.8 Å². The van der Waals surface area contributed by atoms with Crippen molar-refractivity contribution in [3.63, 3.8) is 0 Å². The molecule has 6 nitrogen and oxygen atoms in total. The molecule has 0 saturated heterocycles. The van der Waals surface area contributed by atoms with E-state index in [0.717, 1.165) is 29.1 Å². The smallest absolute Gasteiger partial charge is 0.249 e. The largest absolute Gasteiger partial charge is 0.492 e. The molecule has 6 heteroatoms. The van der Waals surface area contributed by atoms with Crippen molar-refractivity contribution >= 4 is 23.1 Å². The Bertz CT molecular complexity index is 882. The standard InChI is InChI=1S/C20H23N5O/c1-4-15-10-8-9-14(3)19(15)24-20-23-18(13-21-25-20)22-16-11-6-7-12-17(16)26-5-2/h6-13H,4-5H2,1-3H3,(H2,22,23,24,25). The number of hydrogen-bond acceptors (Lipinski definition) is 6. The second-order valence-corrected chi connectivity index (χ2v) is 5.81. The van der Waals surface area contributed by atoms with Crippen LogP contribution in [0.4, 0.5) is 23.1 Å². The summed E-state index contributed by atoms with van der Waals surface area (Å²) < 4.78 is 5.64. The monoisotopic (exact) mass is 349 g/mol. The van der Waals surface area contributed by atoms with E-state index in [4.69, 9.17) is 4.74 Å². The minimum absolute atomic E-state index is 0.452. The van der Waals surface area contributed by atoms with E-state index in [1.165, 1.54) is 5.56 Å². The lowest BCUT2D eigenvalue weighted by atomic mass is 10.1. The Hall–Kier alpha value is -3.15. The van der Waals surface area contributed by atoms with Crippen LogP contribution in [0.1, 0.15) is 25.0 Å². The van der Waals surface area contributed by atoms with Crippen LogP contribution in [0.15, 0.2) is 48.7 Å². The fourth-order valence-corrected chi connectivity index (χ4v) is 2.72. The summed E-state index contributed by atoms with van der Waals surface area (Å²) in [7, 11) is 0. The van der Waals surface area contributed by atoms with Crippen molar-refractivity contribution in [2.75, 3.05) is 17.2 Å². The maximum Gasteiger partial charge on any atom is 0.249 e. The highest BCUT2D eigenvalue weighted by Crippen LogP contribution is 2.27. The first-order valence-electron chi connectivity index (χ1n) is 8.75. The van der Waals surface area contributed by atoms with Gasteiger partial charge in [0, 0.05) is 5.69 Å². The number of aryl methyl sites for hydroxylation is 2. The van der Waals surface area contributed by atoms with Crippen LogP contribution in [-0.2, 0) is 6.42 Å². The molecule has 1 heterocycles. The van der Waals surface area contributed by atoms with Crippen molar-refractivity contribution in [2.45, 2.75) is 27.2 Å². The van der Waals surface area contributed by atoms with E-state index in [9.17, 15) is 0 Å². The molecule has 0 amide bonds. The quantitative estimate of drug-likeness (QED) is 0.648. The molecule has 26 heavy (non-hydrogen) atoms. The Morgan fingerprint density at radius 2 is 1.85 bits per heavy atom. The Balaban J connectivity index is 1.84. The zero-order chi connectivity index (χ0) is 18.4. The Kier molecular flexibility index (Phi) is 5.63. The fourth-order valence-electron chi connectivity index (χ4n) is 2.72. The van der Waals surface area contributed by atoms with Crippen molar-refractivity contribution in [2.24, 2.45) is 0 Å². The van der Waals surface area contributed by atoms with E-state index in [2.05, 4.69) is 57.9 Å². The molecule has 3 aromatic rings. The number of ether oxygens (including phenoxy) is 1. The summed E-state index contributed by atoms with van der Waals surface area (Å²) in [4.78, 5) is 4.53. The van der Waals surface area contributed by atoms with Gasteiger partial charge >= 0.3 is 0 Å². The number of rotatable bonds is 7. The first-order valence-corrected chi connectivity index (χ1v) is 8.75. The average molecular weight is 349 g/mol. The van der Waals surface area contributed by atoms with Crippen molar-refractivity contribution in [3.05, 3.63) is 59.8 Å². The second-order valence-electron chi connectivity index (χ2n) is 5.81. The van der Waals surface area contributed by atoms with Gasteiger partial charge in [-0.05, 0) is 43.5 Å². The number of aromatic nitrogens is 3. The third kappa shape index (κ3) is 4.08. The molecule has 0 saturated carbocycles. The van der Waals surface area contributed by atoms with Crippen LogP contribution in [0, 0.1) is 6.92 Å². The second kappa shape index (κ2) is 8.29. The molecule has 0 spiro atoms. The molecule has 3 rings (SSSR count). The van der Waals surface area contributed by atoms with Gasteiger partial charge < -0.3 is 15.4 Å². The van der Waals surface area contributed by atoms with Crippen LogP contribution in [0.3, 0.4) is 0 Å². The van der Waals surface area contributed by atoms with Crippen LogP contribution >= 0.6 is 0 Å². The van der Waals surface area contributed by atoms with E-state index in [1.807, 2.05) is 31.2 Å². The third-order valence-corrected chi connectivity index (χ3v) is 3.99. The predicted octanol–water partition coefficient (Wildman–Crippen LogP) is 4.63. The van der Waals surface area contributed by atoms with Gasteiger partial charge in [-0.3, -0.25) is 0 Å². The average Bonchev–Trinajstić information content (AvgIpc) is 2.65. The minimum atomic E-state index is 0.452. The van der Waals surface area contributed by atoms with Gasteiger partial charge in [-0.25, -0.2) is 0 Å². The van der Waals surface area contributed by atoms with Crippen molar-refractivity contribution in [1.82, 2.24) is 15.2 Å². The van der Waals surface area contributed by atoms with Gasteiger partial charge in [0.2, 0.25) is 5.95 Å². The summed E-state index contributed by atoms with van der Waals surface area (Å²) in [6.07, 6.45) is 2.52. The van der Waals surface area contributed by atoms with E-state index < -0.39 is 0 Å². The predicted molar refractivity (Wildman–Crippen MR) is 105 cm³/mol. The third-order valence-electron chi connectivity index (χ3n) is 3.99. The lowest BCUT2D eigenvalue weighted by Crippen LogP contribution is -2.05. The highest BCUT2D eigenvalue weighted by atomic mass is 16.5. The van der Waals surface area contributed by atoms with Gasteiger partial charge in [0.05, 0.1) is 18.5 Å². The van der Waals surface area contributed by atoms with Crippen LogP contribution in [0.2, 0.25) is 0 Å². The molecule has 0 atom stereocenters.